The lowest BCUT2D eigenvalue weighted by Gasteiger charge is -2.14. The van der Waals surface area contributed by atoms with Gasteiger partial charge < -0.3 is 19.8 Å². The molecule has 1 unspecified atom stereocenters. The zero-order chi connectivity index (χ0) is 17.6. The van der Waals surface area contributed by atoms with Crippen LogP contribution in [0.4, 0.5) is 4.79 Å². The third kappa shape index (κ3) is 4.53. The first-order valence-electron chi connectivity index (χ1n) is 7.93. The Kier molecular flexibility index (Phi) is 5.58. The molecule has 6 heteroatoms. The molecule has 2 aromatic carbocycles. The molecule has 0 aliphatic carbocycles. The second-order valence-corrected chi connectivity index (χ2v) is 6.04. The molecule has 0 fully saturated rings. The van der Waals surface area contributed by atoms with E-state index in [1.54, 1.807) is 19.2 Å². The van der Waals surface area contributed by atoms with Gasteiger partial charge in [-0.1, -0.05) is 41.9 Å². The van der Waals surface area contributed by atoms with Crippen molar-refractivity contribution in [1.82, 2.24) is 10.6 Å². The van der Waals surface area contributed by atoms with Crippen molar-refractivity contribution in [3.8, 4) is 0 Å². The third-order valence-electron chi connectivity index (χ3n) is 3.86. The molecule has 2 N–H and O–H groups in total. The summed E-state index contributed by atoms with van der Waals surface area (Å²) < 4.78 is 11.2. The lowest BCUT2D eigenvalue weighted by atomic mass is 10.2. The van der Waals surface area contributed by atoms with Gasteiger partial charge in [-0.25, -0.2) is 4.79 Å². The summed E-state index contributed by atoms with van der Waals surface area (Å²) in [7, 11) is 1.59. The number of ether oxygens (including phenoxy) is 1. The number of furan rings is 1. The van der Waals surface area contributed by atoms with Crippen molar-refractivity contribution in [2.75, 3.05) is 13.7 Å². The van der Waals surface area contributed by atoms with Crippen molar-refractivity contribution in [2.45, 2.75) is 12.6 Å². The van der Waals surface area contributed by atoms with Crippen molar-refractivity contribution in [2.24, 2.45) is 0 Å². The second kappa shape index (κ2) is 8.05. The maximum Gasteiger partial charge on any atom is 0.315 e. The molecule has 0 saturated carbocycles. The van der Waals surface area contributed by atoms with E-state index >= 15 is 0 Å². The number of hydrogen-bond acceptors (Lipinski definition) is 3. The molecule has 3 aromatic rings. The molecule has 1 atom stereocenters. The van der Waals surface area contributed by atoms with Crippen LogP contribution in [0, 0.1) is 0 Å². The van der Waals surface area contributed by atoms with E-state index in [1.807, 2.05) is 42.5 Å². The van der Waals surface area contributed by atoms with E-state index in [-0.39, 0.29) is 12.1 Å². The first-order chi connectivity index (χ1) is 12.2. The summed E-state index contributed by atoms with van der Waals surface area (Å²) in [5, 5.41) is 7.27. The van der Waals surface area contributed by atoms with Gasteiger partial charge in [-0.2, -0.15) is 0 Å². The summed E-state index contributed by atoms with van der Waals surface area (Å²) in [6.07, 6.45) is -0.353. The van der Waals surface area contributed by atoms with Gasteiger partial charge in [0.15, 0.2) is 0 Å². The quantitative estimate of drug-likeness (QED) is 0.691. The van der Waals surface area contributed by atoms with Crippen LogP contribution in [0.1, 0.15) is 17.4 Å². The van der Waals surface area contributed by atoms with Crippen molar-refractivity contribution in [1.29, 1.82) is 0 Å². The molecule has 3 rings (SSSR count). The topological polar surface area (TPSA) is 63.5 Å². The Morgan fingerprint density at radius 1 is 1.16 bits per heavy atom. The molecule has 2 amide bonds. The fourth-order valence-corrected chi connectivity index (χ4v) is 2.62. The number of benzene rings is 2. The zero-order valence-electron chi connectivity index (χ0n) is 13.8. The maximum absolute atomic E-state index is 12.0. The van der Waals surface area contributed by atoms with Gasteiger partial charge in [0, 0.05) is 24.1 Å². The number of carbonyl (C=O) groups excluding carboxylic acids is 1. The summed E-state index contributed by atoms with van der Waals surface area (Å²) in [4.78, 5) is 12.0. The van der Waals surface area contributed by atoms with Gasteiger partial charge >= 0.3 is 6.03 Å². The van der Waals surface area contributed by atoms with Gasteiger partial charge in [0.05, 0.1) is 6.54 Å². The van der Waals surface area contributed by atoms with E-state index in [0.29, 0.717) is 23.9 Å². The van der Waals surface area contributed by atoms with Gasteiger partial charge in [0.1, 0.15) is 17.4 Å². The molecule has 0 bridgehead atoms. The van der Waals surface area contributed by atoms with Crippen LogP contribution in [0.2, 0.25) is 5.02 Å². The molecule has 0 saturated heterocycles. The van der Waals surface area contributed by atoms with Crippen LogP contribution in [0.5, 0.6) is 0 Å². The summed E-state index contributed by atoms with van der Waals surface area (Å²) in [5.74, 6) is 0.682. The number of para-hydroxylation sites is 1. The fraction of sp³-hybridized carbons (Fsp3) is 0.211. The summed E-state index contributed by atoms with van der Waals surface area (Å²) >= 11 is 5.84. The highest BCUT2D eigenvalue weighted by atomic mass is 35.5. The molecular formula is C19H19ClN2O3. The Balaban J connectivity index is 1.53. The van der Waals surface area contributed by atoms with Crippen molar-refractivity contribution >= 4 is 28.6 Å². The highest BCUT2D eigenvalue weighted by Crippen LogP contribution is 2.25. The standard InChI is InChI=1S/C19H19ClN2O3/c1-24-18(17-10-14-4-2-3-5-16(14)25-17)12-22-19(23)21-11-13-6-8-15(20)9-7-13/h2-10,18H,11-12H2,1H3,(H2,21,22,23). The monoisotopic (exact) mass is 358 g/mol. The lowest BCUT2D eigenvalue weighted by Crippen LogP contribution is -2.37. The molecule has 25 heavy (non-hydrogen) atoms. The third-order valence-corrected chi connectivity index (χ3v) is 4.11. The minimum absolute atomic E-state index is 0.270. The molecule has 0 aliphatic rings. The molecule has 0 spiro atoms. The Hall–Kier alpha value is -2.50. The smallest absolute Gasteiger partial charge is 0.315 e. The van der Waals surface area contributed by atoms with Crippen LogP contribution < -0.4 is 10.6 Å². The number of carbonyl (C=O) groups is 1. The number of methoxy groups -OCH3 is 1. The average Bonchev–Trinajstić information content (AvgIpc) is 3.05. The van der Waals surface area contributed by atoms with Crippen LogP contribution in [0.3, 0.4) is 0 Å². The lowest BCUT2D eigenvalue weighted by molar-refractivity contribution is 0.0865. The minimum atomic E-state index is -0.353. The molecule has 130 valence electrons. The fourth-order valence-electron chi connectivity index (χ4n) is 2.49. The number of urea groups is 1. The Morgan fingerprint density at radius 2 is 1.92 bits per heavy atom. The van der Waals surface area contributed by atoms with Crippen LogP contribution in [0.25, 0.3) is 11.0 Å². The van der Waals surface area contributed by atoms with E-state index in [9.17, 15) is 4.79 Å². The van der Waals surface area contributed by atoms with Gasteiger partial charge in [0.2, 0.25) is 0 Å². The molecule has 0 aliphatic heterocycles. The number of rotatable bonds is 6. The Labute approximate surface area is 150 Å². The molecule has 1 heterocycles. The van der Waals surface area contributed by atoms with Crippen molar-refractivity contribution < 1.29 is 13.9 Å². The Morgan fingerprint density at radius 3 is 2.64 bits per heavy atom. The largest absolute Gasteiger partial charge is 0.458 e. The SMILES string of the molecule is COC(CNC(=O)NCc1ccc(Cl)cc1)c1cc2ccccc2o1. The van der Waals surface area contributed by atoms with E-state index in [2.05, 4.69) is 10.6 Å². The number of hydrogen-bond donors (Lipinski definition) is 2. The van der Waals surface area contributed by atoms with Crippen LogP contribution in [-0.4, -0.2) is 19.7 Å². The maximum atomic E-state index is 12.0. The predicted octanol–water partition coefficient (Wildman–Crippen LogP) is 4.27. The van der Waals surface area contributed by atoms with Crippen LogP contribution >= 0.6 is 11.6 Å². The highest BCUT2D eigenvalue weighted by molar-refractivity contribution is 6.30. The van der Waals surface area contributed by atoms with Gasteiger partial charge in [0.25, 0.3) is 0 Å². The number of nitrogens with one attached hydrogen (secondary N) is 2. The normalized spacial score (nSPS) is 12.1. The predicted molar refractivity (Wildman–Crippen MR) is 97.7 cm³/mol. The highest BCUT2D eigenvalue weighted by Gasteiger charge is 2.16. The van der Waals surface area contributed by atoms with Gasteiger partial charge in [-0.3, -0.25) is 0 Å². The van der Waals surface area contributed by atoms with E-state index in [0.717, 1.165) is 16.5 Å². The summed E-state index contributed by atoms with van der Waals surface area (Å²) in [6.45, 7) is 0.730. The van der Waals surface area contributed by atoms with Crippen molar-refractivity contribution in [3.63, 3.8) is 0 Å². The average molecular weight is 359 g/mol. The number of fused-ring (bicyclic) bond motifs is 1. The first-order valence-corrected chi connectivity index (χ1v) is 8.31. The van der Waals surface area contributed by atoms with Gasteiger partial charge in [-0.05, 0) is 29.8 Å². The van der Waals surface area contributed by atoms with E-state index in [4.69, 9.17) is 20.8 Å². The molecule has 5 nitrogen and oxygen atoms in total. The van der Waals surface area contributed by atoms with Crippen molar-refractivity contribution in [3.05, 3.63) is 70.9 Å². The van der Waals surface area contributed by atoms with Gasteiger partial charge in [-0.15, -0.1) is 0 Å². The van der Waals surface area contributed by atoms with Crippen LogP contribution in [-0.2, 0) is 11.3 Å². The number of amides is 2. The number of halogens is 1. The zero-order valence-corrected chi connectivity index (χ0v) is 14.5. The van der Waals surface area contributed by atoms with E-state index < -0.39 is 0 Å². The van der Waals surface area contributed by atoms with E-state index in [1.165, 1.54) is 0 Å². The van der Waals surface area contributed by atoms with Crippen LogP contribution in [0.15, 0.2) is 59.0 Å². The Bertz CT molecular complexity index is 812. The first kappa shape index (κ1) is 17.3. The second-order valence-electron chi connectivity index (χ2n) is 5.60. The summed E-state index contributed by atoms with van der Waals surface area (Å²) in [6, 6.07) is 16.7. The molecule has 1 aromatic heterocycles. The molecule has 0 radical (unpaired) electrons. The minimum Gasteiger partial charge on any atom is -0.458 e. The molecular weight excluding hydrogens is 340 g/mol. The summed E-state index contributed by atoms with van der Waals surface area (Å²) in [5.41, 5.74) is 1.77.